The van der Waals surface area contributed by atoms with Crippen molar-refractivity contribution < 1.29 is 0 Å². The van der Waals surface area contributed by atoms with Gasteiger partial charge in [-0.25, -0.2) is 0 Å². The first kappa shape index (κ1) is 6.69. The predicted molar refractivity (Wildman–Crippen MR) is 43.8 cm³/mol. The molecule has 0 aromatic heterocycles. The molecule has 2 aliphatic rings. The molecule has 1 atom stereocenters. The van der Waals surface area contributed by atoms with Crippen molar-refractivity contribution in [3.63, 3.8) is 0 Å². The van der Waals surface area contributed by atoms with E-state index < -0.39 is 0 Å². The maximum absolute atomic E-state index is 2.47. The molecule has 0 spiro atoms. The summed E-state index contributed by atoms with van der Waals surface area (Å²) in [7, 11) is 0. The second-order valence-electron chi connectivity index (χ2n) is 4.53. The zero-order chi connectivity index (χ0) is 7.14. The van der Waals surface area contributed by atoms with Gasteiger partial charge in [-0.1, -0.05) is 13.8 Å². The van der Waals surface area contributed by atoms with Crippen molar-refractivity contribution in [3.8, 4) is 0 Å². The third kappa shape index (κ3) is 1.09. The number of hydrogen-bond acceptors (Lipinski definition) is 0. The van der Waals surface area contributed by atoms with E-state index in [1.165, 1.54) is 25.7 Å². The van der Waals surface area contributed by atoms with Crippen LogP contribution in [0.2, 0.25) is 0 Å². The van der Waals surface area contributed by atoms with Crippen molar-refractivity contribution in [3.05, 3.63) is 0 Å². The van der Waals surface area contributed by atoms with Gasteiger partial charge in [-0.2, -0.15) is 0 Å². The molecular formula is C10H18. The van der Waals surface area contributed by atoms with Crippen LogP contribution in [0, 0.1) is 23.7 Å². The number of hydrogen-bond donors (Lipinski definition) is 0. The van der Waals surface area contributed by atoms with Gasteiger partial charge in [0.25, 0.3) is 0 Å². The molecule has 0 N–H and O–H groups in total. The van der Waals surface area contributed by atoms with Crippen molar-refractivity contribution in [2.75, 3.05) is 0 Å². The smallest absolute Gasteiger partial charge is 0.0381 e. The SMILES string of the molecule is CC1CC(C(C)C2CC2)C1. The summed E-state index contributed by atoms with van der Waals surface area (Å²) in [5.74, 6) is 4.36. The minimum absolute atomic E-state index is 1.05. The van der Waals surface area contributed by atoms with Crippen LogP contribution in [0.1, 0.15) is 39.5 Å². The summed E-state index contributed by atoms with van der Waals surface area (Å²) >= 11 is 0. The Hall–Kier alpha value is 0. The Bertz CT molecular complexity index is 118. The zero-order valence-corrected chi connectivity index (χ0v) is 7.14. The quantitative estimate of drug-likeness (QED) is 0.550. The molecule has 0 saturated heterocycles. The molecule has 0 heterocycles. The Kier molecular flexibility index (Phi) is 1.51. The minimum Gasteiger partial charge on any atom is -0.0625 e. The van der Waals surface area contributed by atoms with Gasteiger partial charge in [-0.05, 0) is 49.4 Å². The van der Waals surface area contributed by atoms with Gasteiger partial charge in [-0.3, -0.25) is 0 Å². The Balaban J connectivity index is 1.77. The van der Waals surface area contributed by atoms with Crippen LogP contribution < -0.4 is 0 Å². The molecule has 0 aromatic carbocycles. The summed E-state index contributed by atoms with van der Waals surface area (Å²) in [5, 5.41) is 0. The molecular weight excluding hydrogens is 120 g/mol. The molecule has 0 bridgehead atoms. The van der Waals surface area contributed by atoms with Crippen LogP contribution in [0.25, 0.3) is 0 Å². The van der Waals surface area contributed by atoms with Crippen LogP contribution in [0.4, 0.5) is 0 Å². The largest absolute Gasteiger partial charge is 0.0625 e. The van der Waals surface area contributed by atoms with Crippen molar-refractivity contribution in [2.45, 2.75) is 39.5 Å². The van der Waals surface area contributed by atoms with Crippen LogP contribution in [0.5, 0.6) is 0 Å². The van der Waals surface area contributed by atoms with Crippen LogP contribution in [0.15, 0.2) is 0 Å². The Morgan fingerprint density at radius 3 is 2.10 bits per heavy atom. The van der Waals surface area contributed by atoms with Crippen LogP contribution in [-0.2, 0) is 0 Å². The lowest BCUT2D eigenvalue weighted by molar-refractivity contribution is 0.133. The molecule has 0 aromatic rings. The third-order valence-corrected chi connectivity index (χ3v) is 3.52. The monoisotopic (exact) mass is 138 g/mol. The van der Waals surface area contributed by atoms with E-state index in [9.17, 15) is 0 Å². The standard InChI is InChI=1S/C10H18/c1-7-5-10(6-7)8(2)9-3-4-9/h7-10H,3-6H2,1-2H3. The summed E-state index contributed by atoms with van der Waals surface area (Å²) in [5.41, 5.74) is 0. The molecule has 2 rings (SSSR count). The van der Waals surface area contributed by atoms with Gasteiger partial charge in [0.15, 0.2) is 0 Å². The van der Waals surface area contributed by atoms with Gasteiger partial charge in [0, 0.05) is 0 Å². The average molecular weight is 138 g/mol. The fourth-order valence-electron chi connectivity index (χ4n) is 2.40. The van der Waals surface area contributed by atoms with Gasteiger partial charge in [0.2, 0.25) is 0 Å². The first-order valence-corrected chi connectivity index (χ1v) is 4.77. The summed E-state index contributed by atoms with van der Waals surface area (Å²) in [6.45, 7) is 4.85. The van der Waals surface area contributed by atoms with Crippen LogP contribution >= 0.6 is 0 Å². The minimum atomic E-state index is 1.05. The lowest BCUT2D eigenvalue weighted by atomic mass is 9.68. The maximum atomic E-state index is 2.47. The summed E-state index contributed by atoms with van der Waals surface area (Å²) in [6.07, 6.45) is 6.12. The van der Waals surface area contributed by atoms with E-state index in [0.29, 0.717) is 0 Å². The normalized spacial score (nSPS) is 42.6. The van der Waals surface area contributed by atoms with E-state index in [0.717, 1.165) is 23.7 Å². The molecule has 58 valence electrons. The van der Waals surface area contributed by atoms with Crippen molar-refractivity contribution >= 4 is 0 Å². The first-order chi connectivity index (χ1) is 4.77. The van der Waals surface area contributed by atoms with Crippen LogP contribution in [-0.4, -0.2) is 0 Å². The summed E-state index contributed by atoms with van der Waals surface area (Å²) in [4.78, 5) is 0. The fraction of sp³-hybridized carbons (Fsp3) is 1.00. The molecule has 0 amide bonds. The zero-order valence-electron chi connectivity index (χ0n) is 7.14. The Morgan fingerprint density at radius 2 is 1.70 bits per heavy atom. The topological polar surface area (TPSA) is 0 Å². The lowest BCUT2D eigenvalue weighted by Gasteiger charge is -2.37. The highest BCUT2D eigenvalue weighted by Gasteiger charge is 2.38. The Labute approximate surface area is 64.0 Å². The van der Waals surface area contributed by atoms with Gasteiger partial charge in [-0.15, -0.1) is 0 Å². The maximum Gasteiger partial charge on any atom is -0.0381 e. The Morgan fingerprint density at radius 1 is 1.10 bits per heavy atom. The predicted octanol–water partition coefficient (Wildman–Crippen LogP) is 3.08. The summed E-state index contributed by atoms with van der Waals surface area (Å²) < 4.78 is 0. The number of rotatable bonds is 2. The highest BCUT2D eigenvalue weighted by molar-refractivity contribution is 4.88. The molecule has 2 saturated carbocycles. The van der Waals surface area contributed by atoms with Gasteiger partial charge >= 0.3 is 0 Å². The van der Waals surface area contributed by atoms with Crippen molar-refractivity contribution in [1.82, 2.24) is 0 Å². The molecule has 2 fully saturated rings. The fourth-order valence-corrected chi connectivity index (χ4v) is 2.40. The second kappa shape index (κ2) is 2.25. The molecule has 0 radical (unpaired) electrons. The van der Waals surface area contributed by atoms with Gasteiger partial charge in [0.1, 0.15) is 0 Å². The van der Waals surface area contributed by atoms with Crippen molar-refractivity contribution in [2.24, 2.45) is 23.7 Å². The van der Waals surface area contributed by atoms with E-state index >= 15 is 0 Å². The summed E-state index contributed by atoms with van der Waals surface area (Å²) in [6, 6.07) is 0. The third-order valence-electron chi connectivity index (χ3n) is 3.52. The highest BCUT2D eigenvalue weighted by Crippen LogP contribution is 2.48. The van der Waals surface area contributed by atoms with Crippen LogP contribution in [0.3, 0.4) is 0 Å². The van der Waals surface area contributed by atoms with E-state index in [1.807, 2.05) is 0 Å². The molecule has 0 aliphatic heterocycles. The molecule has 0 nitrogen and oxygen atoms in total. The molecule has 10 heavy (non-hydrogen) atoms. The average Bonchev–Trinajstić information content (AvgIpc) is 2.60. The van der Waals surface area contributed by atoms with E-state index in [-0.39, 0.29) is 0 Å². The second-order valence-corrected chi connectivity index (χ2v) is 4.53. The van der Waals surface area contributed by atoms with E-state index in [2.05, 4.69) is 13.8 Å². The molecule has 1 unspecified atom stereocenters. The lowest BCUT2D eigenvalue weighted by Crippen LogP contribution is -2.27. The molecule has 2 aliphatic carbocycles. The highest BCUT2D eigenvalue weighted by atomic mass is 14.4. The van der Waals surface area contributed by atoms with E-state index in [1.54, 1.807) is 0 Å². The van der Waals surface area contributed by atoms with E-state index in [4.69, 9.17) is 0 Å². The molecule has 0 heteroatoms. The van der Waals surface area contributed by atoms with Gasteiger partial charge in [0.05, 0.1) is 0 Å². The first-order valence-electron chi connectivity index (χ1n) is 4.77. The van der Waals surface area contributed by atoms with Gasteiger partial charge < -0.3 is 0 Å². The van der Waals surface area contributed by atoms with Crippen molar-refractivity contribution in [1.29, 1.82) is 0 Å².